The topological polar surface area (TPSA) is 37.3 Å². The summed E-state index contributed by atoms with van der Waals surface area (Å²) in [5.41, 5.74) is 1.51. The van der Waals surface area contributed by atoms with Gasteiger partial charge in [-0.3, -0.25) is 4.79 Å². The summed E-state index contributed by atoms with van der Waals surface area (Å²) < 4.78 is 0. The zero-order valence-electron chi connectivity index (χ0n) is 9.13. The minimum absolute atomic E-state index is 0.0490. The van der Waals surface area contributed by atoms with Crippen molar-refractivity contribution in [2.45, 2.75) is 0 Å². The number of rotatable bonds is 3. The highest BCUT2D eigenvalue weighted by Gasteiger charge is 1.99. The predicted octanol–water partition coefficient (Wildman–Crippen LogP) is 3.09. The van der Waals surface area contributed by atoms with Gasteiger partial charge in [0.05, 0.1) is 0 Å². The Hall–Kier alpha value is -2.35. The zero-order valence-corrected chi connectivity index (χ0v) is 9.13. The number of ketones is 1. The van der Waals surface area contributed by atoms with Crippen molar-refractivity contribution in [2.75, 3.05) is 0 Å². The third-order valence-electron chi connectivity index (χ3n) is 2.32. The summed E-state index contributed by atoms with van der Waals surface area (Å²) in [6.45, 7) is 0. The number of aromatic hydroxyl groups is 1. The van der Waals surface area contributed by atoms with Gasteiger partial charge < -0.3 is 5.11 Å². The maximum atomic E-state index is 11.7. The van der Waals surface area contributed by atoms with Crippen LogP contribution in [0.5, 0.6) is 5.75 Å². The molecule has 17 heavy (non-hydrogen) atoms. The van der Waals surface area contributed by atoms with Gasteiger partial charge in [0.15, 0.2) is 5.78 Å². The van der Waals surface area contributed by atoms with Crippen LogP contribution in [-0.4, -0.2) is 10.9 Å². The molecule has 0 fully saturated rings. The first-order valence-corrected chi connectivity index (χ1v) is 5.23. The van der Waals surface area contributed by atoms with Gasteiger partial charge in [0.25, 0.3) is 0 Å². The Balaban J connectivity index is 2.11. The molecule has 0 amide bonds. The van der Waals surface area contributed by atoms with Crippen molar-refractivity contribution in [1.82, 2.24) is 0 Å². The molecule has 0 unspecified atom stereocenters. The molecule has 83 valence electrons. The van der Waals surface area contributed by atoms with Gasteiger partial charge in [0.2, 0.25) is 0 Å². The molecular weight excluding hydrogens is 212 g/mol. The van der Waals surface area contributed by atoms with E-state index in [1.165, 1.54) is 6.08 Å². The lowest BCUT2D eigenvalue weighted by atomic mass is 10.1. The lowest BCUT2D eigenvalue weighted by molar-refractivity contribution is 0.104. The van der Waals surface area contributed by atoms with Crippen molar-refractivity contribution in [2.24, 2.45) is 0 Å². The fraction of sp³-hybridized carbons (Fsp3) is 0. The molecule has 0 saturated carbocycles. The third kappa shape index (κ3) is 3.05. The normalized spacial score (nSPS) is 10.6. The second kappa shape index (κ2) is 5.12. The number of carbonyl (C=O) groups is 1. The van der Waals surface area contributed by atoms with Crippen LogP contribution in [-0.2, 0) is 0 Å². The van der Waals surface area contributed by atoms with Gasteiger partial charge in [0.1, 0.15) is 5.75 Å². The van der Waals surface area contributed by atoms with Gasteiger partial charge in [0, 0.05) is 5.56 Å². The summed E-state index contributed by atoms with van der Waals surface area (Å²) >= 11 is 0. The van der Waals surface area contributed by atoms with E-state index < -0.39 is 0 Å². The van der Waals surface area contributed by atoms with Crippen molar-refractivity contribution in [1.29, 1.82) is 0 Å². The van der Waals surface area contributed by atoms with Gasteiger partial charge in [-0.2, -0.15) is 0 Å². The third-order valence-corrected chi connectivity index (χ3v) is 2.32. The van der Waals surface area contributed by atoms with E-state index in [1.54, 1.807) is 54.6 Å². The molecule has 0 saturated heterocycles. The van der Waals surface area contributed by atoms with Gasteiger partial charge in [-0.05, 0) is 29.8 Å². The SMILES string of the molecule is O=C(C=Cc1ccc(O)cc1)c1cc[c]cc1. The van der Waals surface area contributed by atoms with Crippen LogP contribution < -0.4 is 0 Å². The molecule has 0 aromatic heterocycles. The van der Waals surface area contributed by atoms with Crippen LogP contribution in [0.15, 0.2) is 54.6 Å². The van der Waals surface area contributed by atoms with Gasteiger partial charge in [-0.1, -0.05) is 42.5 Å². The number of allylic oxidation sites excluding steroid dienone is 1. The standard InChI is InChI=1S/C15H11O2/c16-14-9-6-12(7-10-14)8-11-15(17)13-4-2-1-3-5-13/h2-11,16H. The number of hydrogen-bond acceptors (Lipinski definition) is 2. The van der Waals surface area contributed by atoms with Crippen LogP contribution in [0.3, 0.4) is 0 Å². The van der Waals surface area contributed by atoms with E-state index in [1.807, 2.05) is 0 Å². The molecule has 0 spiro atoms. The Morgan fingerprint density at radius 3 is 2.35 bits per heavy atom. The van der Waals surface area contributed by atoms with Gasteiger partial charge >= 0.3 is 0 Å². The summed E-state index contributed by atoms with van der Waals surface area (Å²) in [6, 6.07) is 16.4. The Morgan fingerprint density at radius 2 is 1.71 bits per heavy atom. The minimum Gasteiger partial charge on any atom is -0.508 e. The van der Waals surface area contributed by atoms with Gasteiger partial charge in [-0.15, -0.1) is 0 Å². The van der Waals surface area contributed by atoms with E-state index in [-0.39, 0.29) is 11.5 Å². The number of hydrogen-bond donors (Lipinski definition) is 1. The summed E-state index contributed by atoms with van der Waals surface area (Å²) in [7, 11) is 0. The number of phenolic OH excluding ortho intramolecular Hbond substituents is 1. The molecule has 0 heterocycles. The van der Waals surface area contributed by atoms with E-state index in [0.29, 0.717) is 5.56 Å². The van der Waals surface area contributed by atoms with Crippen molar-refractivity contribution < 1.29 is 9.90 Å². The van der Waals surface area contributed by atoms with Crippen molar-refractivity contribution in [3.8, 4) is 5.75 Å². The highest BCUT2D eigenvalue weighted by molar-refractivity contribution is 6.06. The fourth-order valence-corrected chi connectivity index (χ4v) is 1.40. The molecule has 0 atom stereocenters. The molecule has 2 heteroatoms. The first-order valence-electron chi connectivity index (χ1n) is 5.23. The second-order valence-electron chi connectivity index (χ2n) is 3.58. The van der Waals surface area contributed by atoms with E-state index in [9.17, 15) is 4.79 Å². The lowest BCUT2D eigenvalue weighted by Gasteiger charge is -1.95. The summed E-state index contributed by atoms with van der Waals surface area (Å²) in [5, 5.41) is 9.12. The molecule has 2 rings (SSSR count). The summed E-state index contributed by atoms with van der Waals surface area (Å²) in [4.78, 5) is 11.7. The van der Waals surface area contributed by atoms with Crippen LogP contribution in [0.25, 0.3) is 6.08 Å². The van der Waals surface area contributed by atoms with E-state index in [0.717, 1.165) is 5.56 Å². The summed E-state index contributed by atoms with van der Waals surface area (Å²) in [5.74, 6) is 0.166. The Labute approximate surface area is 99.8 Å². The van der Waals surface area contributed by atoms with Crippen molar-refractivity contribution in [3.05, 3.63) is 71.8 Å². The summed E-state index contributed by atoms with van der Waals surface area (Å²) in [6.07, 6.45) is 3.24. The van der Waals surface area contributed by atoms with Crippen LogP contribution in [0.1, 0.15) is 15.9 Å². The quantitative estimate of drug-likeness (QED) is 0.641. The molecule has 2 aromatic carbocycles. The minimum atomic E-state index is -0.0490. The van der Waals surface area contributed by atoms with Crippen LogP contribution in [0, 0.1) is 6.07 Å². The molecule has 1 radical (unpaired) electrons. The highest BCUT2D eigenvalue weighted by Crippen LogP contribution is 2.11. The van der Waals surface area contributed by atoms with Crippen LogP contribution >= 0.6 is 0 Å². The van der Waals surface area contributed by atoms with Crippen LogP contribution in [0.4, 0.5) is 0 Å². The molecule has 0 aliphatic rings. The zero-order chi connectivity index (χ0) is 12.1. The monoisotopic (exact) mass is 223 g/mol. The molecule has 0 aliphatic carbocycles. The number of phenols is 1. The molecule has 0 aliphatic heterocycles. The van der Waals surface area contributed by atoms with Gasteiger partial charge in [-0.25, -0.2) is 0 Å². The Kier molecular flexibility index (Phi) is 3.36. The molecule has 2 aromatic rings. The Morgan fingerprint density at radius 1 is 1.06 bits per heavy atom. The Bertz CT molecular complexity index is 525. The van der Waals surface area contributed by atoms with Crippen molar-refractivity contribution >= 4 is 11.9 Å². The largest absolute Gasteiger partial charge is 0.508 e. The molecule has 2 nitrogen and oxygen atoms in total. The van der Waals surface area contributed by atoms with Crippen molar-refractivity contribution in [3.63, 3.8) is 0 Å². The van der Waals surface area contributed by atoms with Crippen LogP contribution in [0.2, 0.25) is 0 Å². The smallest absolute Gasteiger partial charge is 0.185 e. The second-order valence-corrected chi connectivity index (χ2v) is 3.58. The van der Waals surface area contributed by atoms with E-state index in [2.05, 4.69) is 6.07 Å². The first kappa shape index (κ1) is 11.1. The molecule has 1 N–H and O–H groups in total. The maximum absolute atomic E-state index is 11.7. The highest BCUT2D eigenvalue weighted by atomic mass is 16.3. The average Bonchev–Trinajstić information content (AvgIpc) is 2.39. The fourth-order valence-electron chi connectivity index (χ4n) is 1.40. The number of benzene rings is 2. The average molecular weight is 223 g/mol. The first-order chi connectivity index (χ1) is 8.25. The predicted molar refractivity (Wildman–Crippen MR) is 66.7 cm³/mol. The molecule has 0 bridgehead atoms. The van der Waals surface area contributed by atoms with E-state index >= 15 is 0 Å². The molecular formula is C15H11O2. The van der Waals surface area contributed by atoms with E-state index in [4.69, 9.17) is 5.11 Å². The lowest BCUT2D eigenvalue weighted by Crippen LogP contribution is -1.92. The maximum Gasteiger partial charge on any atom is 0.185 e. The number of carbonyl (C=O) groups excluding carboxylic acids is 1.